The van der Waals surface area contributed by atoms with Crippen LogP contribution in [0.15, 0.2) is 18.2 Å². The molecule has 1 aromatic carbocycles. The summed E-state index contributed by atoms with van der Waals surface area (Å²) in [4.78, 5) is 14.9. The highest BCUT2D eigenvalue weighted by molar-refractivity contribution is 6.34. The van der Waals surface area contributed by atoms with Crippen molar-refractivity contribution in [2.75, 3.05) is 13.1 Å². The minimum Gasteiger partial charge on any atom is -0.348 e. The zero-order chi connectivity index (χ0) is 17.3. The molecule has 3 nitrogen and oxygen atoms in total. The first kappa shape index (κ1) is 17.5. The maximum Gasteiger partial charge on any atom is 0.417 e. The van der Waals surface area contributed by atoms with E-state index in [0.29, 0.717) is 0 Å². The zero-order valence-electron chi connectivity index (χ0n) is 13.2. The van der Waals surface area contributed by atoms with Crippen LogP contribution in [0.3, 0.4) is 0 Å². The molecule has 0 radical (unpaired) electrons. The van der Waals surface area contributed by atoms with Gasteiger partial charge in [0.15, 0.2) is 0 Å². The lowest BCUT2D eigenvalue weighted by Gasteiger charge is -2.29. The van der Waals surface area contributed by atoms with E-state index < -0.39 is 22.7 Å². The van der Waals surface area contributed by atoms with Gasteiger partial charge in [0.2, 0.25) is 0 Å². The molecule has 3 rings (SSSR count). The Morgan fingerprint density at radius 2 is 1.88 bits per heavy atom. The minimum absolute atomic E-state index is 0.0267. The molecule has 0 bridgehead atoms. The number of nitrogens with one attached hydrogen (secondary N) is 1. The van der Waals surface area contributed by atoms with Crippen molar-refractivity contribution in [1.82, 2.24) is 10.2 Å². The molecule has 1 N–H and O–H groups in total. The molecule has 1 saturated heterocycles. The number of likely N-dealkylation sites (tertiary alicyclic amines) is 1. The van der Waals surface area contributed by atoms with Gasteiger partial charge >= 0.3 is 6.18 Å². The van der Waals surface area contributed by atoms with E-state index in [4.69, 9.17) is 11.6 Å². The minimum atomic E-state index is -4.57. The Bertz CT molecular complexity index is 614. The van der Waals surface area contributed by atoms with E-state index >= 15 is 0 Å². The van der Waals surface area contributed by atoms with Crippen LogP contribution in [0.25, 0.3) is 0 Å². The van der Waals surface area contributed by atoms with Gasteiger partial charge in [0.25, 0.3) is 5.91 Å². The smallest absolute Gasteiger partial charge is 0.348 e. The van der Waals surface area contributed by atoms with E-state index in [1.807, 2.05) is 0 Å². The molecule has 1 saturated carbocycles. The number of hydrogen-bond donors (Lipinski definition) is 1. The molecule has 132 valence electrons. The van der Waals surface area contributed by atoms with Crippen molar-refractivity contribution in [3.8, 4) is 0 Å². The Kier molecular flexibility index (Phi) is 5.06. The predicted molar refractivity (Wildman–Crippen MR) is 86.2 cm³/mol. The zero-order valence-corrected chi connectivity index (χ0v) is 14.0. The topological polar surface area (TPSA) is 32.3 Å². The monoisotopic (exact) mass is 360 g/mol. The first-order valence-electron chi connectivity index (χ1n) is 8.28. The Hall–Kier alpha value is -1.27. The van der Waals surface area contributed by atoms with Crippen LogP contribution >= 0.6 is 11.6 Å². The third-order valence-electron chi connectivity index (χ3n) is 4.95. The first-order chi connectivity index (χ1) is 11.4. The van der Waals surface area contributed by atoms with Gasteiger partial charge in [-0.2, -0.15) is 13.2 Å². The average Bonchev–Trinajstić information content (AvgIpc) is 3.16. The molecular formula is C17H20ClF3N2O. The second kappa shape index (κ2) is 6.92. The second-order valence-electron chi connectivity index (χ2n) is 6.49. The summed E-state index contributed by atoms with van der Waals surface area (Å²) >= 11 is 5.85. The van der Waals surface area contributed by atoms with Crippen LogP contribution in [0.2, 0.25) is 5.02 Å². The highest BCUT2D eigenvalue weighted by Crippen LogP contribution is 2.36. The van der Waals surface area contributed by atoms with Gasteiger partial charge in [-0.05, 0) is 57.3 Å². The average molecular weight is 361 g/mol. The molecule has 1 aliphatic carbocycles. The van der Waals surface area contributed by atoms with Crippen LogP contribution in [0.1, 0.15) is 48.0 Å². The van der Waals surface area contributed by atoms with E-state index in [9.17, 15) is 18.0 Å². The highest BCUT2D eigenvalue weighted by atomic mass is 35.5. The van der Waals surface area contributed by atoms with Gasteiger partial charge < -0.3 is 5.32 Å². The van der Waals surface area contributed by atoms with Crippen LogP contribution in [-0.4, -0.2) is 36.0 Å². The van der Waals surface area contributed by atoms with Crippen molar-refractivity contribution >= 4 is 17.5 Å². The summed E-state index contributed by atoms with van der Waals surface area (Å²) in [5.41, 5.74) is -1.09. The lowest BCUT2D eigenvalue weighted by molar-refractivity contribution is -0.137. The van der Waals surface area contributed by atoms with Gasteiger partial charge in [-0.3, -0.25) is 9.69 Å². The van der Waals surface area contributed by atoms with Crippen LogP contribution in [0.5, 0.6) is 0 Å². The highest BCUT2D eigenvalue weighted by Gasteiger charge is 2.37. The number of nitrogens with zero attached hydrogens (tertiary/aromatic N) is 1. The van der Waals surface area contributed by atoms with Gasteiger partial charge in [-0.15, -0.1) is 0 Å². The Morgan fingerprint density at radius 3 is 2.54 bits per heavy atom. The third kappa shape index (κ3) is 3.54. The summed E-state index contributed by atoms with van der Waals surface area (Å²) in [7, 11) is 0. The molecule has 2 aliphatic rings. The number of rotatable bonds is 3. The standard InChI is InChI=1S/C17H20ClF3N2O/c18-15-11(5-3-6-12(15)17(19,20)21)16(24)22-13-7-4-8-14(13)23-9-1-2-10-23/h3,5-6,13-14H,1-2,4,7-10H2,(H,22,24). The van der Waals surface area contributed by atoms with Gasteiger partial charge in [-0.1, -0.05) is 17.7 Å². The number of alkyl halides is 3. The molecule has 0 aromatic heterocycles. The van der Waals surface area contributed by atoms with Crippen molar-refractivity contribution in [3.63, 3.8) is 0 Å². The summed E-state index contributed by atoms with van der Waals surface area (Å²) in [6, 6.07) is 3.70. The van der Waals surface area contributed by atoms with Crippen molar-refractivity contribution in [2.24, 2.45) is 0 Å². The second-order valence-corrected chi connectivity index (χ2v) is 6.86. The van der Waals surface area contributed by atoms with Crippen molar-refractivity contribution in [3.05, 3.63) is 34.3 Å². The Labute approximate surface area is 144 Å². The molecule has 2 atom stereocenters. The molecule has 2 unspecified atom stereocenters. The van der Waals surface area contributed by atoms with Crippen molar-refractivity contribution in [1.29, 1.82) is 0 Å². The van der Waals surface area contributed by atoms with Gasteiger partial charge in [0, 0.05) is 12.1 Å². The molecule has 0 spiro atoms. The number of hydrogen-bond acceptors (Lipinski definition) is 2. The third-order valence-corrected chi connectivity index (χ3v) is 5.36. The molecule has 1 aliphatic heterocycles. The molecule has 2 fully saturated rings. The fraction of sp³-hybridized carbons (Fsp3) is 0.588. The lowest BCUT2D eigenvalue weighted by Crippen LogP contribution is -2.47. The first-order valence-corrected chi connectivity index (χ1v) is 8.66. The summed E-state index contributed by atoms with van der Waals surface area (Å²) in [5.74, 6) is -0.526. The summed E-state index contributed by atoms with van der Waals surface area (Å²) < 4.78 is 38.8. The van der Waals surface area contributed by atoms with Crippen LogP contribution in [-0.2, 0) is 6.18 Å². The van der Waals surface area contributed by atoms with E-state index in [0.717, 1.165) is 51.3 Å². The lowest BCUT2D eigenvalue weighted by atomic mass is 10.1. The maximum absolute atomic E-state index is 12.9. The van der Waals surface area contributed by atoms with Gasteiger partial charge in [0.05, 0.1) is 16.1 Å². The summed E-state index contributed by atoms with van der Waals surface area (Å²) in [6.07, 6.45) is 0.638. The van der Waals surface area contributed by atoms with Crippen LogP contribution in [0, 0.1) is 0 Å². The number of benzene rings is 1. The van der Waals surface area contributed by atoms with Crippen molar-refractivity contribution < 1.29 is 18.0 Å². The SMILES string of the molecule is O=C(NC1CCCC1N1CCCC1)c1cccc(C(F)(F)F)c1Cl. The maximum atomic E-state index is 12.9. The molecule has 1 heterocycles. The van der Waals surface area contributed by atoms with E-state index in [1.165, 1.54) is 12.1 Å². The predicted octanol–water partition coefficient (Wildman–Crippen LogP) is 4.11. The normalized spacial score (nSPS) is 25.2. The molecule has 7 heteroatoms. The van der Waals surface area contributed by atoms with E-state index in [1.54, 1.807) is 0 Å². The van der Waals surface area contributed by atoms with Gasteiger partial charge in [0.1, 0.15) is 0 Å². The molecule has 1 amide bonds. The Balaban J connectivity index is 1.75. The fourth-order valence-corrected chi connectivity index (χ4v) is 4.11. The number of halogens is 4. The molecule has 24 heavy (non-hydrogen) atoms. The quantitative estimate of drug-likeness (QED) is 0.880. The van der Waals surface area contributed by atoms with Gasteiger partial charge in [-0.25, -0.2) is 0 Å². The number of amides is 1. The summed E-state index contributed by atoms with van der Waals surface area (Å²) in [6.45, 7) is 2.06. The van der Waals surface area contributed by atoms with E-state index in [-0.39, 0.29) is 17.6 Å². The van der Waals surface area contributed by atoms with E-state index in [2.05, 4.69) is 10.2 Å². The number of carbonyl (C=O) groups is 1. The van der Waals surface area contributed by atoms with Crippen molar-refractivity contribution in [2.45, 2.75) is 50.4 Å². The Morgan fingerprint density at radius 1 is 1.17 bits per heavy atom. The largest absolute Gasteiger partial charge is 0.417 e. The molecular weight excluding hydrogens is 341 g/mol. The fourth-order valence-electron chi connectivity index (χ4n) is 3.79. The summed E-state index contributed by atoms with van der Waals surface area (Å²) in [5, 5.41) is 2.38. The number of carbonyl (C=O) groups excluding carboxylic acids is 1. The van der Waals surface area contributed by atoms with Crippen LogP contribution < -0.4 is 5.32 Å². The van der Waals surface area contributed by atoms with Crippen LogP contribution in [0.4, 0.5) is 13.2 Å². The molecule has 1 aromatic rings.